The molecule has 3 aromatic carbocycles. The summed E-state index contributed by atoms with van der Waals surface area (Å²) in [6, 6.07) is 15.8. The van der Waals surface area contributed by atoms with Crippen LogP contribution >= 0.6 is 0 Å². The summed E-state index contributed by atoms with van der Waals surface area (Å²) in [6.07, 6.45) is -4.21. The minimum atomic E-state index is -1.64. The van der Waals surface area contributed by atoms with E-state index in [0.29, 0.717) is 24.9 Å². The van der Waals surface area contributed by atoms with E-state index in [1.54, 1.807) is 18.3 Å². The molecule has 4 aromatic rings. The van der Waals surface area contributed by atoms with Gasteiger partial charge in [0.15, 0.2) is 0 Å². The van der Waals surface area contributed by atoms with Gasteiger partial charge in [-0.1, -0.05) is 30.3 Å². The number of nitrogens with one attached hydrogen (secondary N) is 4. The lowest BCUT2D eigenvalue weighted by atomic mass is 9.99. The number of para-hydroxylation sites is 1. The van der Waals surface area contributed by atoms with Gasteiger partial charge in [0.25, 0.3) is 5.91 Å². The number of aliphatic hydroxyl groups excluding tert-OH is 4. The number of H-pyrrole nitrogens is 1. The van der Waals surface area contributed by atoms with E-state index < -0.39 is 79.1 Å². The third-order valence-corrected chi connectivity index (χ3v) is 9.60. The van der Waals surface area contributed by atoms with Gasteiger partial charge in [-0.2, -0.15) is 0 Å². The second-order valence-corrected chi connectivity index (χ2v) is 13.7. The van der Waals surface area contributed by atoms with Crippen LogP contribution in [-0.2, 0) is 32.0 Å². The molecule has 17 nitrogen and oxygen atoms in total. The van der Waals surface area contributed by atoms with Gasteiger partial charge in [-0.15, -0.1) is 0 Å². The molecule has 8 atom stereocenters. The molecule has 1 aromatic heterocycles. The van der Waals surface area contributed by atoms with Crippen molar-refractivity contribution in [2.45, 2.75) is 80.9 Å². The molecule has 1 saturated heterocycles. The number of aromatic nitrogens is 1. The molecule has 56 heavy (non-hydrogen) atoms. The van der Waals surface area contributed by atoms with Crippen LogP contribution in [0.5, 0.6) is 11.5 Å². The monoisotopic (exact) mass is 777 g/mol. The maximum Gasteiger partial charge on any atom is 0.251 e. The number of hydrogen-bond donors (Lipinski definition) is 11. The van der Waals surface area contributed by atoms with E-state index >= 15 is 0 Å². The van der Waals surface area contributed by atoms with Crippen LogP contribution in [0.1, 0.15) is 40.7 Å². The summed E-state index contributed by atoms with van der Waals surface area (Å²) in [5, 5.41) is 58.6. The van der Waals surface area contributed by atoms with Crippen LogP contribution in [0, 0.1) is 0 Å². The summed E-state index contributed by atoms with van der Waals surface area (Å²) >= 11 is 0. The Hall–Kier alpha value is -5.56. The summed E-state index contributed by atoms with van der Waals surface area (Å²) in [4.78, 5) is 57.0. The lowest BCUT2D eigenvalue weighted by Gasteiger charge is -2.39. The number of amides is 4. The van der Waals surface area contributed by atoms with Gasteiger partial charge in [0.1, 0.15) is 54.0 Å². The van der Waals surface area contributed by atoms with Gasteiger partial charge in [-0.25, -0.2) is 0 Å². The molecule has 0 unspecified atom stereocenters. The summed E-state index contributed by atoms with van der Waals surface area (Å²) in [6.45, 7) is -0.0353. The third-order valence-electron chi connectivity index (χ3n) is 9.60. The number of rotatable bonds is 18. The molecule has 2 heterocycles. The Kier molecular flexibility index (Phi) is 14.4. The first-order valence-corrected chi connectivity index (χ1v) is 18.3. The summed E-state index contributed by atoms with van der Waals surface area (Å²) in [5.41, 5.74) is 11.8. The van der Waals surface area contributed by atoms with Gasteiger partial charge in [0, 0.05) is 35.5 Å². The molecule has 1 aliphatic rings. The quantitative estimate of drug-likeness (QED) is 0.0517. The number of phenols is 1. The molecule has 1 aliphatic heterocycles. The van der Waals surface area contributed by atoms with Crippen molar-refractivity contribution in [3.63, 3.8) is 0 Å². The maximum absolute atomic E-state index is 14.1. The summed E-state index contributed by atoms with van der Waals surface area (Å²) in [7, 11) is 0. The van der Waals surface area contributed by atoms with Crippen molar-refractivity contribution < 1.29 is 59.9 Å². The third kappa shape index (κ3) is 10.6. The number of aromatic amines is 1. The first-order chi connectivity index (χ1) is 26.9. The molecule has 17 heteroatoms. The van der Waals surface area contributed by atoms with Gasteiger partial charge in [0.2, 0.25) is 24.0 Å². The lowest BCUT2D eigenvalue weighted by molar-refractivity contribution is -0.368. The van der Waals surface area contributed by atoms with E-state index in [1.807, 2.05) is 24.3 Å². The average Bonchev–Trinajstić information content (AvgIpc) is 3.60. The zero-order chi connectivity index (χ0) is 40.4. The van der Waals surface area contributed by atoms with Gasteiger partial charge in [-0.05, 0) is 72.9 Å². The van der Waals surface area contributed by atoms with Crippen molar-refractivity contribution in [2.75, 3.05) is 13.2 Å². The number of primary amides is 1. The molecule has 0 saturated carbocycles. The molecule has 0 radical (unpaired) electrons. The first kappa shape index (κ1) is 41.6. The number of benzene rings is 3. The molecule has 14 N–H and O–H groups in total. The fourth-order valence-corrected chi connectivity index (χ4v) is 6.38. The standard InChI is InChI=1S/C39H48N6O11/c40-16-4-3-7-28(37(53)44-29(35(41)51)17-21-8-12-24(47)13-9-21)43-38(54)30(18-23-19-42-27-6-2-1-5-26(23)27)45-36(52)22-10-14-25(15-11-22)55-39-34(50)33(49)32(48)31(20-46)56-39/h1-2,5-6,8-15,19,28-34,39,42,46-50H,3-4,7,16-18,20,40H2,(H2,41,51)(H,43,54)(H,44,53)(H,45,52)/p+1/t28-,29-,30-,31+,32-,33-,34+,39+/m0/s1. The van der Waals surface area contributed by atoms with Crippen LogP contribution in [-0.4, -0.2) is 116 Å². The van der Waals surface area contributed by atoms with Crippen LogP contribution in [0.3, 0.4) is 0 Å². The number of quaternary nitrogens is 1. The molecule has 4 amide bonds. The lowest BCUT2D eigenvalue weighted by Crippen LogP contribution is -2.60. The fourth-order valence-electron chi connectivity index (χ4n) is 6.38. The van der Waals surface area contributed by atoms with Crippen molar-refractivity contribution >= 4 is 34.5 Å². The Bertz CT molecular complexity index is 1940. The van der Waals surface area contributed by atoms with Gasteiger partial charge >= 0.3 is 0 Å². The molecule has 300 valence electrons. The van der Waals surface area contributed by atoms with Crippen LogP contribution in [0.2, 0.25) is 0 Å². The van der Waals surface area contributed by atoms with Crippen molar-refractivity contribution in [1.29, 1.82) is 0 Å². The SMILES string of the molecule is NC(=O)[C@H](Cc1ccc(O)cc1)NC(=O)[C@H](CCCC[NH3+])NC(=O)[C@H](Cc1c[nH]c2ccccc12)NC(=O)c1ccc(O[C@@H]2O[C@H](CO)[C@H](O)[C@H](O)[C@H]2O)cc1. The number of aromatic hydroxyl groups is 1. The van der Waals surface area contributed by atoms with Crippen molar-refractivity contribution in [1.82, 2.24) is 20.9 Å². The second-order valence-electron chi connectivity index (χ2n) is 13.7. The zero-order valence-electron chi connectivity index (χ0n) is 30.5. The van der Waals surface area contributed by atoms with E-state index in [2.05, 4.69) is 26.7 Å². The Morgan fingerprint density at radius 1 is 0.821 bits per heavy atom. The van der Waals surface area contributed by atoms with Gasteiger partial charge < -0.3 is 67.4 Å². The average molecular weight is 778 g/mol. The molecule has 0 aliphatic carbocycles. The first-order valence-electron chi connectivity index (χ1n) is 18.3. The number of fused-ring (bicyclic) bond motifs is 1. The molecular weight excluding hydrogens is 728 g/mol. The van der Waals surface area contributed by atoms with Crippen LogP contribution in [0.4, 0.5) is 0 Å². The normalized spacial score (nSPS) is 21.1. The minimum absolute atomic E-state index is 0.0359. The largest absolute Gasteiger partial charge is 0.508 e. The number of unbranched alkanes of at least 4 members (excludes halogenated alkanes) is 1. The van der Waals surface area contributed by atoms with E-state index in [0.717, 1.165) is 16.5 Å². The number of hydrogen-bond acceptors (Lipinski definition) is 11. The topological polar surface area (TPSA) is 293 Å². The number of carbonyl (C=O) groups excluding carboxylic acids is 4. The highest BCUT2D eigenvalue weighted by molar-refractivity contribution is 5.99. The van der Waals surface area contributed by atoms with Crippen LogP contribution < -0.4 is 32.2 Å². The Labute approximate surface area is 322 Å². The molecule has 0 spiro atoms. The van der Waals surface area contributed by atoms with E-state index in [4.69, 9.17) is 15.2 Å². The smallest absolute Gasteiger partial charge is 0.251 e. The predicted octanol–water partition coefficient (Wildman–Crippen LogP) is -1.50. The second kappa shape index (κ2) is 19.3. The van der Waals surface area contributed by atoms with Crippen molar-refractivity contribution in [2.24, 2.45) is 5.73 Å². The number of carbonyl (C=O) groups is 4. The Morgan fingerprint density at radius 3 is 2.18 bits per heavy atom. The highest BCUT2D eigenvalue weighted by Crippen LogP contribution is 2.25. The highest BCUT2D eigenvalue weighted by Gasteiger charge is 2.44. The maximum atomic E-state index is 14.1. The summed E-state index contributed by atoms with van der Waals surface area (Å²) < 4.78 is 11.0. The fraction of sp³-hybridized carbons (Fsp3) is 0.385. The van der Waals surface area contributed by atoms with Crippen molar-refractivity contribution in [3.05, 3.63) is 95.7 Å². The van der Waals surface area contributed by atoms with Crippen molar-refractivity contribution in [3.8, 4) is 11.5 Å². The number of aliphatic hydroxyl groups is 4. The highest BCUT2D eigenvalue weighted by atomic mass is 16.7. The predicted molar refractivity (Wildman–Crippen MR) is 201 cm³/mol. The molecular formula is C39H49N6O11+. The number of ether oxygens (including phenoxy) is 2. The van der Waals surface area contributed by atoms with E-state index in [9.17, 15) is 44.7 Å². The molecule has 0 bridgehead atoms. The molecule has 5 rings (SSSR count). The van der Waals surface area contributed by atoms with Crippen LogP contribution in [0.15, 0.2) is 79.0 Å². The summed E-state index contributed by atoms with van der Waals surface area (Å²) in [5.74, 6) is -2.55. The Morgan fingerprint density at radius 2 is 1.50 bits per heavy atom. The number of nitrogens with two attached hydrogens (primary N) is 1. The van der Waals surface area contributed by atoms with E-state index in [1.165, 1.54) is 36.4 Å². The number of phenolic OH excluding ortho intramolecular Hbond substituents is 1. The zero-order valence-corrected chi connectivity index (χ0v) is 30.5. The van der Waals surface area contributed by atoms with Gasteiger partial charge in [-0.3, -0.25) is 19.2 Å². The molecule has 1 fully saturated rings. The van der Waals surface area contributed by atoms with Crippen LogP contribution in [0.25, 0.3) is 10.9 Å². The Balaban J connectivity index is 1.33. The van der Waals surface area contributed by atoms with Gasteiger partial charge in [0.05, 0.1) is 13.2 Å². The van der Waals surface area contributed by atoms with E-state index in [-0.39, 0.29) is 36.3 Å². The minimum Gasteiger partial charge on any atom is -0.508 e.